The standard InChI is InChI=1S/C16H13F3N6O/c1-24(2)6-9-5-11(16(17,18)19)10-3-4-13-22-12(15-23-20-8-26-15)7-25(13)14(10)21-9/h3-5,7-8H,6H2,1-2H3. The minimum absolute atomic E-state index is 0.00184. The van der Waals surface area contributed by atoms with Crippen LogP contribution in [0.5, 0.6) is 0 Å². The molecule has 0 atom stereocenters. The molecule has 0 radical (unpaired) electrons. The van der Waals surface area contributed by atoms with Crippen molar-refractivity contribution in [3.05, 3.63) is 42.0 Å². The highest BCUT2D eigenvalue weighted by atomic mass is 19.4. The molecule has 0 aliphatic carbocycles. The van der Waals surface area contributed by atoms with Crippen molar-refractivity contribution in [3.8, 4) is 11.6 Å². The molecule has 10 heteroatoms. The first-order valence-electron chi connectivity index (χ1n) is 7.63. The van der Waals surface area contributed by atoms with E-state index in [0.717, 1.165) is 12.5 Å². The maximum atomic E-state index is 13.6. The van der Waals surface area contributed by atoms with Gasteiger partial charge in [0.05, 0.1) is 11.3 Å². The van der Waals surface area contributed by atoms with Gasteiger partial charge in [-0.15, -0.1) is 10.2 Å². The Kier molecular flexibility index (Phi) is 3.65. The topological polar surface area (TPSA) is 72.4 Å². The monoisotopic (exact) mass is 362 g/mol. The van der Waals surface area contributed by atoms with Crippen molar-refractivity contribution in [2.24, 2.45) is 0 Å². The molecule has 0 amide bonds. The third kappa shape index (κ3) is 2.77. The number of rotatable bonds is 3. The van der Waals surface area contributed by atoms with E-state index in [4.69, 9.17) is 4.42 Å². The summed E-state index contributed by atoms with van der Waals surface area (Å²) < 4.78 is 47.3. The van der Waals surface area contributed by atoms with E-state index in [0.29, 0.717) is 17.0 Å². The minimum atomic E-state index is -4.49. The van der Waals surface area contributed by atoms with Crippen LogP contribution in [0.3, 0.4) is 0 Å². The molecular formula is C16H13F3N6O. The van der Waals surface area contributed by atoms with Gasteiger partial charge in [-0.2, -0.15) is 13.2 Å². The predicted octanol–water partition coefficient (Wildman–Crippen LogP) is 3.01. The van der Waals surface area contributed by atoms with Crippen LogP contribution in [0.15, 0.2) is 35.2 Å². The lowest BCUT2D eigenvalue weighted by molar-refractivity contribution is -0.136. The second-order valence-electron chi connectivity index (χ2n) is 6.07. The van der Waals surface area contributed by atoms with Crippen LogP contribution in [-0.4, -0.2) is 43.6 Å². The van der Waals surface area contributed by atoms with Crippen molar-refractivity contribution in [3.63, 3.8) is 0 Å². The summed E-state index contributed by atoms with van der Waals surface area (Å²) in [5.74, 6) is 0.183. The van der Waals surface area contributed by atoms with Crippen LogP contribution in [0.1, 0.15) is 11.3 Å². The molecule has 4 rings (SSSR count). The Morgan fingerprint density at radius 3 is 2.65 bits per heavy atom. The number of halogens is 3. The Morgan fingerprint density at radius 1 is 1.19 bits per heavy atom. The number of fused-ring (bicyclic) bond motifs is 3. The fourth-order valence-corrected chi connectivity index (χ4v) is 2.81. The maximum Gasteiger partial charge on any atom is 0.417 e. The van der Waals surface area contributed by atoms with Gasteiger partial charge in [0.25, 0.3) is 5.89 Å². The lowest BCUT2D eigenvalue weighted by atomic mass is 10.1. The first-order chi connectivity index (χ1) is 12.3. The Labute approximate surface area is 145 Å². The van der Waals surface area contributed by atoms with Crippen molar-refractivity contribution in [1.82, 2.24) is 29.5 Å². The number of hydrogen-bond donors (Lipinski definition) is 0. The fraction of sp³-hybridized carbons (Fsp3) is 0.250. The van der Waals surface area contributed by atoms with Crippen LogP contribution in [0.4, 0.5) is 13.2 Å². The van der Waals surface area contributed by atoms with Gasteiger partial charge in [-0.25, -0.2) is 9.97 Å². The third-order valence-corrected chi connectivity index (χ3v) is 3.81. The van der Waals surface area contributed by atoms with E-state index in [2.05, 4.69) is 20.2 Å². The van der Waals surface area contributed by atoms with Crippen molar-refractivity contribution in [2.45, 2.75) is 12.7 Å². The number of hydrogen-bond acceptors (Lipinski definition) is 6. The summed E-state index contributed by atoms with van der Waals surface area (Å²) in [6.07, 6.45) is -1.80. The molecule has 0 unspecified atom stereocenters. The molecule has 26 heavy (non-hydrogen) atoms. The summed E-state index contributed by atoms with van der Waals surface area (Å²) >= 11 is 0. The van der Waals surface area contributed by atoms with Crippen LogP contribution in [0.2, 0.25) is 0 Å². The molecular weight excluding hydrogens is 349 g/mol. The minimum Gasteiger partial charge on any atom is -0.422 e. The van der Waals surface area contributed by atoms with Gasteiger partial charge in [-0.3, -0.25) is 4.40 Å². The molecule has 0 fully saturated rings. The summed E-state index contributed by atoms with van der Waals surface area (Å²) in [5, 5.41) is 7.37. The largest absolute Gasteiger partial charge is 0.422 e. The van der Waals surface area contributed by atoms with Gasteiger partial charge in [0.15, 0.2) is 0 Å². The van der Waals surface area contributed by atoms with E-state index >= 15 is 0 Å². The highest BCUT2D eigenvalue weighted by Gasteiger charge is 2.34. The van der Waals surface area contributed by atoms with E-state index in [1.165, 1.54) is 22.7 Å². The zero-order valence-electron chi connectivity index (χ0n) is 13.8. The van der Waals surface area contributed by atoms with Gasteiger partial charge in [0, 0.05) is 18.1 Å². The molecule has 4 heterocycles. The lowest BCUT2D eigenvalue weighted by Crippen LogP contribution is -2.15. The maximum absolute atomic E-state index is 13.6. The predicted molar refractivity (Wildman–Crippen MR) is 86.2 cm³/mol. The van der Waals surface area contributed by atoms with Gasteiger partial charge in [-0.05, 0) is 32.3 Å². The first-order valence-corrected chi connectivity index (χ1v) is 7.63. The average molecular weight is 362 g/mol. The summed E-state index contributed by atoms with van der Waals surface area (Å²) in [6.45, 7) is 0.278. The Bertz CT molecular complexity index is 1080. The fourth-order valence-electron chi connectivity index (χ4n) is 2.81. The average Bonchev–Trinajstić information content (AvgIpc) is 3.21. The Hall–Kier alpha value is -3.01. The highest BCUT2D eigenvalue weighted by Crippen LogP contribution is 2.35. The Morgan fingerprint density at radius 2 is 2.00 bits per heavy atom. The molecule has 0 spiro atoms. The van der Waals surface area contributed by atoms with E-state index in [1.54, 1.807) is 19.0 Å². The Balaban J connectivity index is 2.02. The molecule has 0 aromatic carbocycles. The van der Waals surface area contributed by atoms with E-state index in [-0.39, 0.29) is 23.5 Å². The molecule has 0 bridgehead atoms. The van der Waals surface area contributed by atoms with Crippen molar-refractivity contribution in [2.75, 3.05) is 14.1 Å². The molecule has 4 aromatic rings. The number of aromatic nitrogens is 5. The molecule has 0 saturated carbocycles. The van der Waals surface area contributed by atoms with Gasteiger partial charge in [0.2, 0.25) is 6.39 Å². The summed E-state index contributed by atoms with van der Waals surface area (Å²) in [5.41, 5.74) is 0.564. The quantitative estimate of drug-likeness (QED) is 0.558. The van der Waals surface area contributed by atoms with Gasteiger partial charge < -0.3 is 9.32 Å². The second kappa shape index (κ2) is 5.77. The van der Waals surface area contributed by atoms with Crippen LogP contribution in [-0.2, 0) is 12.7 Å². The number of nitrogens with zero attached hydrogens (tertiary/aromatic N) is 6. The normalized spacial score (nSPS) is 12.5. The highest BCUT2D eigenvalue weighted by molar-refractivity contribution is 5.83. The van der Waals surface area contributed by atoms with Crippen LogP contribution in [0, 0.1) is 0 Å². The molecule has 0 saturated heterocycles. The van der Waals surface area contributed by atoms with Gasteiger partial charge >= 0.3 is 6.18 Å². The van der Waals surface area contributed by atoms with Gasteiger partial charge in [-0.1, -0.05) is 0 Å². The smallest absolute Gasteiger partial charge is 0.417 e. The van der Waals surface area contributed by atoms with E-state index in [9.17, 15) is 13.2 Å². The second-order valence-corrected chi connectivity index (χ2v) is 6.07. The van der Waals surface area contributed by atoms with Gasteiger partial charge in [0.1, 0.15) is 17.0 Å². The van der Waals surface area contributed by atoms with Crippen molar-refractivity contribution < 1.29 is 17.6 Å². The summed E-state index contributed by atoms with van der Waals surface area (Å²) in [7, 11) is 3.54. The lowest BCUT2D eigenvalue weighted by Gasteiger charge is -2.15. The van der Waals surface area contributed by atoms with E-state index < -0.39 is 11.7 Å². The molecule has 0 aliphatic rings. The molecule has 0 N–H and O–H groups in total. The number of alkyl halides is 3. The van der Waals surface area contributed by atoms with Crippen LogP contribution >= 0.6 is 0 Å². The number of pyridine rings is 2. The molecule has 7 nitrogen and oxygen atoms in total. The van der Waals surface area contributed by atoms with Crippen molar-refractivity contribution in [1.29, 1.82) is 0 Å². The van der Waals surface area contributed by atoms with E-state index in [1.807, 2.05) is 0 Å². The zero-order chi connectivity index (χ0) is 18.5. The SMILES string of the molecule is CN(C)Cc1cc(C(F)(F)F)c2ccc3nc(-c4nnco4)cn3c2n1. The summed E-state index contributed by atoms with van der Waals surface area (Å²) in [4.78, 5) is 10.5. The first kappa shape index (κ1) is 16.5. The zero-order valence-corrected chi connectivity index (χ0v) is 13.8. The molecule has 0 aliphatic heterocycles. The number of imidazole rings is 1. The molecule has 4 aromatic heterocycles. The third-order valence-electron chi connectivity index (χ3n) is 3.81. The van der Waals surface area contributed by atoms with Crippen LogP contribution < -0.4 is 0 Å². The molecule has 134 valence electrons. The summed E-state index contributed by atoms with van der Waals surface area (Å²) in [6, 6.07) is 3.97. The van der Waals surface area contributed by atoms with Crippen LogP contribution in [0.25, 0.3) is 28.3 Å². The van der Waals surface area contributed by atoms with Crippen molar-refractivity contribution >= 4 is 16.7 Å².